The first-order valence-corrected chi connectivity index (χ1v) is 15.9. The first kappa shape index (κ1) is 33.8. The molecule has 1 aliphatic carbocycles. The number of hydrogen-bond donors (Lipinski definition) is 0. The first-order chi connectivity index (χ1) is 22.5. The molecule has 1 aromatic heterocycles. The third-order valence-corrected chi connectivity index (χ3v) is 8.57. The summed E-state index contributed by atoms with van der Waals surface area (Å²) in [5.41, 5.74) is 2.68. The molecule has 1 aliphatic rings. The fourth-order valence-electron chi connectivity index (χ4n) is 5.84. The van der Waals surface area contributed by atoms with Crippen LogP contribution in [0.1, 0.15) is 48.5 Å². The number of aromatic nitrogens is 2. The van der Waals surface area contributed by atoms with Gasteiger partial charge >= 0.3 is 6.18 Å². The van der Waals surface area contributed by atoms with Gasteiger partial charge in [0.2, 0.25) is 0 Å². The van der Waals surface area contributed by atoms with Gasteiger partial charge in [-0.2, -0.15) is 23.2 Å². The number of alkyl halides is 3. The number of likely N-dealkylation sites (N-methyl/N-ethyl adjacent to an activating group) is 1. The van der Waals surface area contributed by atoms with Gasteiger partial charge < -0.3 is 14.3 Å². The van der Waals surface area contributed by atoms with Crippen molar-refractivity contribution >= 4 is 5.91 Å². The molecule has 0 saturated carbocycles. The van der Waals surface area contributed by atoms with Crippen LogP contribution in [0.5, 0.6) is 5.75 Å². The lowest BCUT2D eigenvalue weighted by Crippen LogP contribution is -2.43. The molecule has 7 nitrogen and oxygen atoms in total. The maximum absolute atomic E-state index is 14.0. The fourth-order valence-corrected chi connectivity index (χ4v) is 5.84. The highest BCUT2D eigenvalue weighted by atomic mass is 19.4. The van der Waals surface area contributed by atoms with E-state index in [0.29, 0.717) is 60.5 Å². The van der Waals surface area contributed by atoms with E-state index in [9.17, 15) is 27.2 Å². The first-order valence-electron chi connectivity index (χ1n) is 15.9. The lowest BCUT2D eigenvalue weighted by molar-refractivity contribution is -0.159. The van der Waals surface area contributed by atoms with Crippen LogP contribution in [-0.4, -0.2) is 51.6 Å². The number of fused-ring (bicyclic) bond motifs is 1. The summed E-state index contributed by atoms with van der Waals surface area (Å²) in [5, 5.41) is 1.33. The number of hydroxylamine groups is 2. The van der Waals surface area contributed by atoms with Crippen LogP contribution in [0.15, 0.2) is 77.6 Å². The van der Waals surface area contributed by atoms with Crippen LogP contribution >= 0.6 is 0 Å². The second-order valence-corrected chi connectivity index (χ2v) is 11.5. The van der Waals surface area contributed by atoms with E-state index >= 15 is 0 Å². The van der Waals surface area contributed by atoms with Crippen LogP contribution < -0.4 is 10.4 Å². The maximum atomic E-state index is 14.0. The van der Waals surface area contributed by atoms with Gasteiger partial charge in [-0.25, -0.2) is 4.39 Å². The van der Waals surface area contributed by atoms with E-state index in [1.807, 2.05) is 18.4 Å². The minimum Gasteiger partial charge on any atom is -0.377 e. The summed E-state index contributed by atoms with van der Waals surface area (Å²) in [5.74, 6) is 0.253. The average Bonchev–Trinajstić information content (AvgIpc) is 3.57. The van der Waals surface area contributed by atoms with Gasteiger partial charge in [0.15, 0.2) is 5.75 Å². The Kier molecular flexibility index (Phi) is 10.8. The van der Waals surface area contributed by atoms with E-state index < -0.39 is 11.7 Å². The summed E-state index contributed by atoms with van der Waals surface area (Å²) in [4.78, 5) is 39.6. The van der Waals surface area contributed by atoms with Gasteiger partial charge in [0.1, 0.15) is 18.2 Å². The SMILES string of the molecule is CCN(CC)CCN(Oc1ccc(-c2ccc(C(F)(F)F)cc2)cc1)C(=O)Cn1c(CCc2ccc(F)cc2)nc(=O)c2c1CCC2. The molecule has 4 aromatic rings. The zero-order chi connectivity index (χ0) is 33.6. The van der Waals surface area contributed by atoms with E-state index in [1.165, 1.54) is 29.3 Å². The predicted molar refractivity (Wildman–Crippen MR) is 171 cm³/mol. The van der Waals surface area contributed by atoms with Crippen molar-refractivity contribution in [1.82, 2.24) is 19.5 Å². The number of amides is 1. The Bertz CT molecular complexity index is 1720. The predicted octanol–water partition coefficient (Wildman–Crippen LogP) is 6.51. The molecule has 1 heterocycles. The quantitative estimate of drug-likeness (QED) is 0.122. The standard InChI is InChI=1S/C36H38F4N4O3/c1-3-42(4-2)22-23-44(47-30-19-13-27(14-20-30)26-11-15-28(16-12-26)36(38,39)40)34(45)24-43-32-7-5-6-31(32)35(46)41-33(43)21-10-25-8-17-29(37)18-9-25/h8-9,11-20H,3-7,10,21-24H2,1-2H3. The van der Waals surface area contributed by atoms with E-state index in [1.54, 1.807) is 36.4 Å². The summed E-state index contributed by atoms with van der Waals surface area (Å²) in [6, 6.07) is 17.9. The molecular weight excluding hydrogens is 612 g/mol. The molecule has 0 atom stereocenters. The van der Waals surface area contributed by atoms with Crippen molar-refractivity contribution in [2.24, 2.45) is 0 Å². The number of carbonyl (C=O) groups is 1. The molecule has 0 N–H and O–H groups in total. The highest BCUT2D eigenvalue weighted by molar-refractivity contribution is 5.75. The minimum atomic E-state index is -4.41. The summed E-state index contributed by atoms with van der Waals surface area (Å²) >= 11 is 0. The highest BCUT2D eigenvalue weighted by Crippen LogP contribution is 2.31. The summed E-state index contributed by atoms with van der Waals surface area (Å²) < 4.78 is 54.3. The Balaban J connectivity index is 1.37. The lowest BCUT2D eigenvalue weighted by atomic mass is 10.0. The molecule has 5 rings (SSSR count). The molecule has 0 aliphatic heterocycles. The molecule has 0 radical (unpaired) electrons. The normalized spacial score (nSPS) is 12.7. The van der Waals surface area contributed by atoms with Gasteiger partial charge in [0.25, 0.3) is 11.5 Å². The molecule has 1 amide bonds. The Hall–Kier alpha value is -4.51. The van der Waals surface area contributed by atoms with E-state index in [-0.39, 0.29) is 30.4 Å². The Labute approximate surface area is 271 Å². The molecule has 0 fully saturated rings. The van der Waals surface area contributed by atoms with Crippen LogP contribution in [0, 0.1) is 5.82 Å². The zero-order valence-electron chi connectivity index (χ0n) is 26.5. The van der Waals surface area contributed by atoms with E-state index in [4.69, 9.17) is 4.84 Å². The largest absolute Gasteiger partial charge is 0.416 e. The molecule has 0 bridgehead atoms. The molecule has 0 saturated heterocycles. The maximum Gasteiger partial charge on any atom is 0.416 e. The topological polar surface area (TPSA) is 67.7 Å². The molecule has 0 unspecified atom stereocenters. The molecule has 3 aromatic carbocycles. The fraction of sp³-hybridized carbons (Fsp3) is 0.361. The van der Waals surface area contributed by atoms with Gasteiger partial charge in [0.05, 0.1) is 12.1 Å². The van der Waals surface area contributed by atoms with Crippen molar-refractivity contribution in [3.63, 3.8) is 0 Å². The van der Waals surface area contributed by atoms with Crippen molar-refractivity contribution in [3.05, 3.63) is 117 Å². The van der Waals surface area contributed by atoms with E-state index in [2.05, 4.69) is 9.88 Å². The molecule has 47 heavy (non-hydrogen) atoms. The number of halogens is 4. The minimum absolute atomic E-state index is 0.0732. The smallest absolute Gasteiger partial charge is 0.377 e. The number of rotatable bonds is 13. The van der Waals surface area contributed by atoms with Crippen molar-refractivity contribution in [1.29, 1.82) is 0 Å². The number of hydrogen-bond acceptors (Lipinski definition) is 5. The van der Waals surface area contributed by atoms with Crippen molar-refractivity contribution in [2.75, 3.05) is 26.2 Å². The second-order valence-electron chi connectivity index (χ2n) is 11.5. The van der Waals surface area contributed by atoms with Crippen molar-refractivity contribution < 1.29 is 27.2 Å². The average molecular weight is 651 g/mol. The van der Waals surface area contributed by atoms with Gasteiger partial charge in [-0.05, 0) is 91.9 Å². The molecule has 248 valence electrons. The van der Waals surface area contributed by atoms with Crippen LogP contribution in [0.25, 0.3) is 11.1 Å². The Morgan fingerprint density at radius 3 is 2.13 bits per heavy atom. The van der Waals surface area contributed by atoms with Gasteiger partial charge in [-0.15, -0.1) is 0 Å². The van der Waals surface area contributed by atoms with Crippen LogP contribution in [0.4, 0.5) is 17.6 Å². The van der Waals surface area contributed by atoms with Gasteiger partial charge in [-0.1, -0.05) is 50.2 Å². The van der Waals surface area contributed by atoms with Crippen LogP contribution in [0.2, 0.25) is 0 Å². The van der Waals surface area contributed by atoms with E-state index in [0.717, 1.165) is 42.9 Å². The number of carbonyl (C=O) groups excluding carboxylic acids is 1. The monoisotopic (exact) mass is 650 g/mol. The highest BCUT2D eigenvalue weighted by Gasteiger charge is 2.30. The van der Waals surface area contributed by atoms with Crippen LogP contribution in [-0.2, 0) is 43.2 Å². The van der Waals surface area contributed by atoms with Crippen molar-refractivity contribution in [3.8, 4) is 16.9 Å². The van der Waals surface area contributed by atoms with Gasteiger partial charge in [0, 0.05) is 24.2 Å². The molecule has 0 spiro atoms. The third kappa shape index (κ3) is 8.45. The second kappa shape index (κ2) is 14.9. The molecule has 11 heteroatoms. The zero-order valence-corrected chi connectivity index (χ0v) is 26.5. The van der Waals surface area contributed by atoms with Crippen molar-refractivity contribution in [2.45, 2.75) is 58.7 Å². The number of aryl methyl sites for hydroxylation is 2. The summed E-state index contributed by atoms with van der Waals surface area (Å²) in [7, 11) is 0. The molecular formula is C36H38F4N4O3. The van der Waals surface area contributed by atoms with Gasteiger partial charge in [-0.3, -0.25) is 9.59 Å². The number of nitrogens with zero attached hydrogens (tertiary/aromatic N) is 4. The summed E-state index contributed by atoms with van der Waals surface area (Å²) in [6.45, 7) is 6.45. The Morgan fingerprint density at radius 2 is 1.51 bits per heavy atom. The Morgan fingerprint density at radius 1 is 0.872 bits per heavy atom. The third-order valence-electron chi connectivity index (χ3n) is 8.57. The lowest BCUT2D eigenvalue weighted by Gasteiger charge is -2.27. The summed E-state index contributed by atoms with van der Waals surface area (Å²) in [6.07, 6.45) is -1.42. The van der Waals surface area contributed by atoms with Crippen LogP contribution in [0.3, 0.4) is 0 Å². The number of benzene rings is 3.